The van der Waals surface area contributed by atoms with Crippen molar-refractivity contribution in [3.63, 3.8) is 0 Å². The van der Waals surface area contributed by atoms with Gasteiger partial charge in [-0.05, 0) is 30.0 Å². The molecule has 0 saturated carbocycles. The Morgan fingerprint density at radius 3 is 2.47 bits per heavy atom. The lowest BCUT2D eigenvalue weighted by molar-refractivity contribution is -0.122. The van der Waals surface area contributed by atoms with Crippen LogP contribution in [0.5, 0.6) is 0 Å². The summed E-state index contributed by atoms with van der Waals surface area (Å²) >= 11 is 5.77. The van der Waals surface area contributed by atoms with Crippen molar-refractivity contribution in [2.75, 3.05) is 0 Å². The van der Waals surface area contributed by atoms with E-state index in [1.165, 1.54) is 0 Å². The van der Waals surface area contributed by atoms with E-state index in [0.29, 0.717) is 23.9 Å². The van der Waals surface area contributed by atoms with E-state index in [-0.39, 0.29) is 5.91 Å². The quantitative estimate of drug-likeness (QED) is 0.847. The summed E-state index contributed by atoms with van der Waals surface area (Å²) in [7, 11) is 0. The van der Waals surface area contributed by atoms with Crippen LogP contribution < -0.4 is 11.1 Å². The van der Waals surface area contributed by atoms with Crippen LogP contribution in [0.4, 0.5) is 0 Å². The molecule has 1 aromatic carbocycles. The standard InChI is InChI=1S/C13H19ClN2O/c1-9(2)7-12(15)13(17)16-8-10-3-5-11(14)6-4-10/h3-6,9,12H,7-8,15H2,1-2H3,(H,16,17)/t12-/m0/s1. The normalized spacial score (nSPS) is 12.5. The molecule has 0 aliphatic carbocycles. The molecular weight excluding hydrogens is 236 g/mol. The van der Waals surface area contributed by atoms with E-state index in [9.17, 15) is 4.79 Å². The molecule has 0 bridgehead atoms. The zero-order chi connectivity index (χ0) is 12.8. The maximum absolute atomic E-state index is 11.7. The molecule has 17 heavy (non-hydrogen) atoms. The summed E-state index contributed by atoms with van der Waals surface area (Å²) in [5.41, 5.74) is 6.79. The molecule has 4 heteroatoms. The number of hydrogen-bond donors (Lipinski definition) is 2. The average molecular weight is 255 g/mol. The van der Waals surface area contributed by atoms with Crippen molar-refractivity contribution in [3.05, 3.63) is 34.9 Å². The third-order valence-corrected chi connectivity index (χ3v) is 2.69. The van der Waals surface area contributed by atoms with E-state index in [0.717, 1.165) is 5.56 Å². The van der Waals surface area contributed by atoms with Gasteiger partial charge in [-0.3, -0.25) is 4.79 Å². The fourth-order valence-electron chi connectivity index (χ4n) is 1.54. The van der Waals surface area contributed by atoms with Gasteiger partial charge in [-0.15, -0.1) is 0 Å². The minimum Gasteiger partial charge on any atom is -0.351 e. The van der Waals surface area contributed by atoms with Crippen LogP contribution in [0, 0.1) is 5.92 Å². The molecule has 3 nitrogen and oxygen atoms in total. The number of benzene rings is 1. The Balaban J connectivity index is 2.40. The van der Waals surface area contributed by atoms with E-state index < -0.39 is 6.04 Å². The second kappa shape index (κ2) is 6.62. The van der Waals surface area contributed by atoms with Crippen molar-refractivity contribution < 1.29 is 4.79 Å². The molecule has 0 unspecified atom stereocenters. The molecule has 0 aromatic heterocycles. The van der Waals surface area contributed by atoms with Crippen LogP contribution in [0.15, 0.2) is 24.3 Å². The average Bonchev–Trinajstić information content (AvgIpc) is 2.27. The molecule has 1 amide bonds. The summed E-state index contributed by atoms with van der Waals surface area (Å²) in [4.78, 5) is 11.7. The van der Waals surface area contributed by atoms with Gasteiger partial charge in [0.15, 0.2) is 0 Å². The lowest BCUT2D eigenvalue weighted by Crippen LogP contribution is -2.40. The zero-order valence-electron chi connectivity index (χ0n) is 10.2. The lowest BCUT2D eigenvalue weighted by atomic mass is 10.0. The van der Waals surface area contributed by atoms with E-state index in [1.807, 2.05) is 26.0 Å². The number of nitrogens with one attached hydrogen (secondary N) is 1. The van der Waals surface area contributed by atoms with Gasteiger partial charge in [0.2, 0.25) is 5.91 Å². The van der Waals surface area contributed by atoms with Crippen LogP contribution in [0.2, 0.25) is 5.02 Å². The molecule has 0 aliphatic heterocycles. The molecule has 0 saturated heterocycles. The molecule has 0 fully saturated rings. The van der Waals surface area contributed by atoms with Gasteiger partial charge in [0.25, 0.3) is 0 Å². The molecule has 0 aliphatic rings. The van der Waals surface area contributed by atoms with Gasteiger partial charge in [-0.1, -0.05) is 37.6 Å². The number of halogens is 1. The number of amides is 1. The van der Waals surface area contributed by atoms with Crippen LogP contribution in [0.25, 0.3) is 0 Å². The maximum atomic E-state index is 11.7. The van der Waals surface area contributed by atoms with E-state index in [2.05, 4.69) is 5.32 Å². The first-order chi connectivity index (χ1) is 7.99. The Morgan fingerprint density at radius 2 is 1.94 bits per heavy atom. The van der Waals surface area contributed by atoms with Gasteiger partial charge >= 0.3 is 0 Å². The molecule has 1 aromatic rings. The minimum atomic E-state index is -0.428. The topological polar surface area (TPSA) is 55.1 Å². The monoisotopic (exact) mass is 254 g/mol. The van der Waals surface area contributed by atoms with Crippen LogP contribution in [-0.4, -0.2) is 11.9 Å². The highest BCUT2D eigenvalue weighted by Crippen LogP contribution is 2.09. The Labute approximate surface area is 107 Å². The summed E-state index contributed by atoms with van der Waals surface area (Å²) < 4.78 is 0. The second-order valence-electron chi connectivity index (χ2n) is 4.58. The highest BCUT2D eigenvalue weighted by atomic mass is 35.5. The lowest BCUT2D eigenvalue weighted by Gasteiger charge is -2.14. The smallest absolute Gasteiger partial charge is 0.237 e. The summed E-state index contributed by atoms with van der Waals surface area (Å²) in [6.45, 7) is 4.58. The molecule has 0 heterocycles. The first kappa shape index (κ1) is 14.0. The first-order valence-corrected chi connectivity index (χ1v) is 6.14. The fourth-order valence-corrected chi connectivity index (χ4v) is 1.66. The summed E-state index contributed by atoms with van der Waals surface area (Å²) in [5.74, 6) is 0.319. The van der Waals surface area contributed by atoms with Gasteiger partial charge in [0.05, 0.1) is 6.04 Å². The summed E-state index contributed by atoms with van der Waals surface area (Å²) in [6.07, 6.45) is 0.701. The van der Waals surface area contributed by atoms with Gasteiger partial charge in [0.1, 0.15) is 0 Å². The molecule has 0 radical (unpaired) electrons. The zero-order valence-corrected chi connectivity index (χ0v) is 11.0. The largest absolute Gasteiger partial charge is 0.351 e. The van der Waals surface area contributed by atoms with Gasteiger partial charge in [-0.2, -0.15) is 0 Å². The number of rotatable bonds is 5. The first-order valence-electron chi connectivity index (χ1n) is 5.76. The van der Waals surface area contributed by atoms with Crippen molar-refractivity contribution in [1.82, 2.24) is 5.32 Å². The molecule has 94 valence electrons. The molecular formula is C13H19ClN2O. The van der Waals surface area contributed by atoms with Gasteiger partial charge in [0, 0.05) is 11.6 Å². The van der Waals surface area contributed by atoms with Crippen molar-refractivity contribution in [1.29, 1.82) is 0 Å². The predicted octanol–water partition coefficient (Wildman–Crippen LogP) is 2.33. The number of hydrogen-bond acceptors (Lipinski definition) is 2. The molecule has 0 spiro atoms. The van der Waals surface area contributed by atoms with Crippen LogP contribution >= 0.6 is 11.6 Å². The Kier molecular flexibility index (Phi) is 5.45. The van der Waals surface area contributed by atoms with E-state index in [4.69, 9.17) is 17.3 Å². The van der Waals surface area contributed by atoms with Gasteiger partial charge in [-0.25, -0.2) is 0 Å². The predicted molar refractivity (Wildman–Crippen MR) is 70.7 cm³/mol. The Hall–Kier alpha value is -1.06. The van der Waals surface area contributed by atoms with Gasteiger partial charge < -0.3 is 11.1 Å². The third-order valence-electron chi connectivity index (χ3n) is 2.44. The highest BCUT2D eigenvalue weighted by Gasteiger charge is 2.14. The summed E-state index contributed by atoms with van der Waals surface area (Å²) in [6, 6.07) is 6.95. The van der Waals surface area contributed by atoms with Crippen molar-refractivity contribution in [2.24, 2.45) is 11.7 Å². The minimum absolute atomic E-state index is 0.103. The molecule has 3 N–H and O–H groups in total. The van der Waals surface area contributed by atoms with Crippen LogP contribution in [0.1, 0.15) is 25.8 Å². The van der Waals surface area contributed by atoms with Crippen molar-refractivity contribution in [2.45, 2.75) is 32.9 Å². The Bertz CT molecular complexity index is 362. The maximum Gasteiger partial charge on any atom is 0.237 e. The van der Waals surface area contributed by atoms with E-state index >= 15 is 0 Å². The third kappa shape index (κ3) is 5.20. The fraction of sp³-hybridized carbons (Fsp3) is 0.462. The SMILES string of the molecule is CC(C)C[C@H](N)C(=O)NCc1ccc(Cl)cc1. The second-order valence-corrected chi connectivity index (χ2v) is 5.02. The summed E-state index contributed by atoms with van der Waals surface area (Å²) in [5, 5.41) is 3.51. The van der Waals surface area contributed by atoms with Crippen LogP contribution in [-0.2, 0) is 11.3 Å². The number of nitrogens with two attached hydrogens (primary N) is 1. The molecule has 1 atom stereocenters. The van der Waals surface area contributed by atoms with E-state index in [1.54, 1.807) is 12.1 Å². The van der Waals surface area contributed by atoms with Crippen molar-refractivity contribution in [3.8, 4) is 0 Å². The number of carbonyl (C=O) groups excluding carboxylic acids is 1. The van der Waals surface area contributed by atoms with Crippen LogP contribution in [0.3, 0.4) is 0 Å². The Morgan fingerprint density at radius 1 is 1.35 bits per heavy atom. The van der Waals surface area contributed by atoms with Crippen molar-refractivity contribution >= 4 is 17.5 Å². The molecule has 1 rings (SSSR count). The number of carbonyl (C=O) groups is 1. The highest BCUT2D eigenvalue weighted by molar-refractivity contribution is 6.30.